The molecule has 5 nitrogen and oxygen atoms in total. The Morgan fingerprint density at radius 1 is 1.00 bits per heavy atom. The van der Waals surface area contributed by atoms with E-state index in [1.165, 1.54) is 35.4 Å². The van der Waals surface area contributed by atoms with Crippen molar-refractivity contribution in [2.45, 2.75) is 6.04 Å². The van der Waals surface area contributed by atoms with E-state index in [1.807, 2.05) is 0 Å². The van der Waals surface area contributed by atoms with Gasteiger partial charge in [-0.25, -0.2) is 9.37 Å². The number of hydrogen-bond donors (Lipinski definition) is 1. The Hall–Kier alpha value is -3.51. The number of aromatic nitrogens is 1. The van der Waals surface area contributed by atoms with Crippen molar-refractivity contribution in [3.63, 3.8) is 0 Å². The number of ketones is 1. The van der Waals surface area contributed by atoms with E-state index in [1.54, 1.807) is 42.5 Å². The van der Waals surface area contributed by atoms with E-state index in [2.05, 4.69) is 4.98 Å². The molecule has 1 aliphatic rings. The number of Topliss-reactive ketones (excluding diaryl/α,β-unsaturated/α-hetero) is 1. The molecule has 4 rings (SSSR count). The lowest BCUT2D eigenvalue weighted by Gasteiger charge is -2.24. The normalized spacial score (nSPS) is 18.3. The Kier molecular flexibility index (Phi) is 4.86. The van der Waals surface area contributed by atoms with Gasteiger partial charge in [0.1, 0.15) is 17.4 Å². The second-order valence-electron chi connectivity index (χ2n) is 6.42. The number of carbonyl (C=O) groups is 2. The van der Waals surface area contributed by atoms with Crippen LogP contribution in [-0.4, -0.2) is 21.8 Å². The third kappa shape index (κ3) is 3.39. The first-order valence-electron chi connectivity index (χ1n) is 8.71. The lowest BCUT2D eigenvalue weighted by Crippen LogP contribution is -2.30. The van der Waals surface area contributed by atoms with Gasteiger partial charge in [0, 0.05) is 16.8 Å². The van der Waals surface area contributed by atoms with Crippen LogP contribution in [0.25, 0.3) is 5.76 Å². The molecule has 0 radical (unpaired) electrons. The van der Waals surface area contributed by atoms with Gasteiger partial charge in [-0.05, 0) is 54.1 Å². The summed E-state index contributed by atoms with van der Waals surface area (Å²) in [6, 6.07) is 15.6. The zero-order valence-corrected chi connectivity index (χ0v) is 15.7. The van der Waals surface area contributed by atoms with Crippen molar-refractivity contribution in [2.24, 2.45) is 0 Å². The van der Waals surface area contributed by atoms with Gasteiger partial charge in [-0.1, -0.05) is 29.8 Å². The standard InChI is InChI=1S/C22H14ClFN2O3/c23-15-8-4-14(5-9-15)20(27)18-19(13-6-10-16(24)11-7-13)26(22(29)21(18)28)17-3-1-2-12-25-17/h1-12,19,27H. The molecule has 1 aromatic heterocycles. The van der Waals surface area contributed by atoms with Gasteiger partial charge in [0.25, 0.3) is 5.78 Å². The van der Waals surface area contributed by atoms with Crippen LogP contribution in [-0.2, 0) is 9.59 Å². The van der Waals surface area contributed by atoms with E-state index in [0.717, 1.165) is 0 Å². The maximum Gasteiger partial charge on any atom is 0.301 e. The monoisotopic (exact) mass is 408 g/mol. The molecular formula is C22H14ClFN2O3. The summed E-state index contributed by atoms with van der Waals surface area (Å²) in [5.41, 5.74) is 0.696. The van der Waals surface area contributed by atoms with E-state index < -0.39 is 23.5 Å². The van der Waals surface area contributed by atoms with E-state index in [4.69, 9.17) is 11.6 Å². The van der Waals surface area contributed by atoms with Gasteiger partial charge in [0.15, 0.2) is 0 Å². The molecule has 0 saturated carbocycles. The first kappa shape index (κ1) is 18.8. The van der Waals surface area contributed by atoms with Crippen molar-refractivity contribution in [3.8, 4) is 0 Å². The molecule has 1 unspecified atom stereocenters. The van der Waals surface area contributed by atoms with Gasteiger partial charge in [-0.3, -0.25) is 14.5 Å². The van der Waals surface area contributed by atoms with E-state index in [0.29, 0.717) is 16.1 Å². The van der Waals surface area contributed by atoms with Gasteiger partial charge in [-0.2, -0.15) is 0 Å². The number of carbonyl (C=O) groups excluding carboxylic acids is 2. The lowest BCUT2D eigenvalue weighted by molar-refractivity contribution is -0.132. The second kappa shape index (κ2) is 7.48. The zero-order valence-electron chi connectivity index (χ0n) is 14.9. The molecule has 1 atom stereocenters. The van der Waals surface area contributed by atoms with Crippen molar-refractivity contribution in [3.05, 3.63) is 100 Å². The maximum absolute atomic E-state index is 13.5. The number of rotatable bonds is 3. The highest BCUT2D eigenvalue weighted by molar-refractivity contribution is 6.51. The molecule has 0 aliphatic carbocycles. The summed E-state index contributed by atoms with van der Waals surface area (Å²) in [7, 11) is 0. The van der Waals surface area contributed by atoms with Gasteiger partial charge in [0.2, 0.25) is 0 Å². The van der Waals surface area contributed by atoms with Crippen LogP contribution >= 0.6 is 11.6 Å². The summed E-state index contributed by atoms with van der Waals surface area (Å²) in [4.78, 5) is 31.1. The highest BCUT2D eigenvalue weighted by Gasteiger charge is 2.47. The van der Waals surface area contributed by atoms with Crippen molar-refractivity contribution < 1.29 is 19.1 Å². The Morgan fingerprint density at radius 3 is 2.31 bits per heavy atom. The summed E-state index contributed by atoms with van der Waals surface area (Å²) >= 11 is 5.90. The summed E-state index contributed by atoms with van der Waals surface area (Å²) in [5, 5.41) is 11.4. The van der Waals surface area contributed by atoms with Crippen LogP contribution in [0.3, 0.4) is 0 Å². The molecule has 0 spiro atoms. The fourth-order valence-corrected chi connectivity index (χ4v) is 3.41. The Balaban J connectivity index is 1.94. The molecule has 29 heavy (non-hydrogen) atoms. The van der Waals surface area contributed by atoms with Crippen molar-refractivity contribution >= 4 is 34.9 Å². The van der Waals surface area contributed by atoms with Gasteiger partial charge < -0.3 is 5.11 Å². The summed E-state index contributed by atoms with van der Waals surface area (Å²) in [6.45, 7) is 0. The second-order valence-corrected chi connectivity index (χ2v) is 6.85. The molecular weight excluding hydrogens is 395 g/mol. The van der Waals surface area contributed by atoms with Crippen molar-refractivity contribution in [1.29, 1.82) is 0 Å². The number of aliphatic hydroxyl groups excluding tert-OH is 1. The predicted molar refractivity (Wildman–Crippen MR) is 107 cm³/mol. The van der Waals surface area contributed by atoms with Gasteiger partial charge >= 0.3 is 5.91 Å². The topological polar surface area (TPSA) is 70.5 Å². The number of halogens is 2. The predicted octanol–water partition coefficient (Wildman–Crippen LogP) is 4.50. The van der Waals surface area contributed by atoms with Crippen LogP contribution in [0.4, 0.5) is 10.2 Å². The number of anilines is 1. The molecule has 1 aliphatic heterocycles. The van der Waals surface area contributed by atoms with Crippen LogP contribution in [0.2, 0.25) is 5.02 Å². The maximum atomic E-state index is 13.5. The van der Waals surface area contributed by atoms with Crippen molar-refractivity contribution in [2.75, 3.05) is 4.90 Å². The molecule has 2 heterocycles. The van der Waals surface area contributed by atoms with E-state index in [9.17, 15) is 19.1 Å². The highest BCUT2D eigenvalue weighted by atomic mass is 35.5. The molecule has 1 fully saturated rings. The van der Waals surface area contributed by atoms with E-state index in [-0.39, 0.29) is 17.2 Å². The first-order valence-corrected chi connectivity index (χ1v) is 9.08. The molecule has 1 amide bonds. The molecule has 2 aromatic carbocycles. The first-order chi connectivity index (χ1) is 14.0. The van der Waals surface area contributed by atoms with Gasteiger partial charge in [-0.15, -0.1) is 0 Å². The molecule has 3 aromatic rings. The van der Waals surface area contributed by atoms with Crippen LogP contribution in [0, 0.1) is 5.82 Å². The number of amides is 1. The smallest absolute Gasteiger partial charge is 0.301 e. The molecule has 144 valence electrons. The Morgan fingerprint density at radius 2 is 1.69 bits per heavy atom. The number of pyridine rings is 1. The molecule has 0 bridgehead atoms. The molecule has 1 N–H and O–H groups in total. The number of nitrogens with zero attached hydrogens (tertiary/aromatic N) is 2. The van der Waals surface area contributed by atoms with E-state index >= 15 is 0 Å². The quantitative estimate of drug-likeness (QED) is 0.393. The SMILES string of the molecule is O=C1C(=O)N(c2ccccn2)C(c2ccc(F)cc2)C1=C(O)c1ccc(Cl)cc1. The Labute approximate surface area is 170 Å². The average molecular weight is 409 g/mol. The lowest BCUT2D eigenvalue weighted by atomic mass is 9.95. The largest absolute Gasteiger partial charge is 0.507 e. The minimum atomic E-state index is -0.957. The van der Waals surface area contributed by atoms with Crippen LogP contribution in [0.15, 0.2) is 78.5 Å². The summed E-state index contributed by atoms with van der Waals surface area (Å²) < 4.78 is 13.5. The number of hydrogen-bond acceptors (Lipinski definition) is 4. The summed E-state index contributed by atoms with van der Waals surface area (Å²) in [6.07, 6.45) is 1.50. The minimum Gasteiger partial charge on any atom is -0.507 e. The fourth-order valence-electron chi connectivity index (χ4n) is 3.29. The Bertz CT molecular complexity index is 1110. The van der Waals surface area contributed by atoms with Crippen molar-refractivity contribution in [1.82, 2.24) is 4.98 Å². The van der Waals surface area contributed by atoms with Crippen LogP contribution < -0.4 is 4.90 Å². The number of aliphatic hydroxyl groups is 1. The van der Waals surface area contributed by atoms with Crippen LogP contribution in [0.5, 0.6) is 0 Å². The van der Waals surface area contributed by atoms with Crippen LogP contribution in [0.1, 0.15) is 17.2 Å². The zero-order chi connectivity index (χ0) is 20.5. The molecule has 7 heteroatoms. The fraction of sp³-hybridized carbons (Fsp3) is 0.0455. The summed E-state index contributed by atoms with van der Waals surface area (Å²) in [5.74, 6) is -2.22. The third-order valence-electron chi connectivity index (χ3n) is 4.64. The average Bonchev–Trinajstić information content (AvgIpc) is 3.00. The minimum absolute atomic E-state index is 0.102. The highest BCUT2D eigenvalue weighted by Crippen LogP contribution is 2.41. The third-order valence-corrected chi connectivity index (χ3v) is 4.90. The van der Waals surface area contributed by atoms with Gasteiger partial charge in [0.05, 0.1) is 11.6 Å². The number of benzene rings is 2. The molecule has 1 saturated heterocycles.